The van der Waals surface area contributed by atoms with Crippen LogP contribution < -0.4 is 5.32 Å². The van der Waals surface area contributed by atoms with E-state index in [2.05, 4.69) is 43.5 Å². The molecular formula is C55H103NO5. The lowest BCUT2D eigenvalue weighted by molar-refractivity contribution is -0.143. The summed E-state index contributed by atoms with van der Waals surface area (Å²) in [5.74, 6) is -0.0882. The Hall–Kier alpha value is -1.92. The molecule has 6 heteroatoms. The molecular weight excluding hydrogens is 755 g/mol. The minimum absolute atomic E-state index is 0.00785. The highest BCUT2D eigenvalue weighted by atomic mass is 16.5. The third-order valence-electron chi connectivity index (χ3n) is 12.2. The summed E-state index contributed by atoms with van der Waals surface area (Å²) in [4.78, 5) is 24.5. The number of esters is 1. The van der Waals surface area contributed by atoms with E-state index in [9.17, 15) is 19.8 Å². The first-order valence-corrected chi connectivity index (χ1v) is 26.8. The Morgan fingerprint density at radius 1 is 0.459 bits per heavy atom. The van der Waals surface area contributed by atoms with E-state index in [0.29, 0.717) is 19.4 Å². The summed E-state index contributed by atoms with van der Waals surface area (Å²) >= 11 is 0. The zero-order valence-corrected chi connectivity index (χ0v) is 40.6. The number of nitrogens with one attached hydrogen (secondary N) is 1. The van der Waals surface area contributed by atoms with Crippen molar-refractivity contribution in [2.75, 3.05) is 13.2 Å². The highest BCUT2D eigenvalue weighted by Gasteiger charge is 2.18. The Labute approximate surface area is 379 Å². The number of amides is 1. The maximum Gasteiger partial charge on any atom is 0.305 e. The van der Waals surface area contributed by atoms with E-state index >= 15 is 0 Å². The van der Waals surface area contributed by atoms with Crippen molar-refractivity contribution in [1.29, 1.82) is 0 Å². The van der Waals surface area contributed by atoms with Crippen molar-refractivity contribution in [3.63, 3.8) is 0 Å². The molecule has 0 spiro atoms. The molecule has 61 heavy (non-hydrogen) atoms. The third kappa shape index (κ3) is 47.4. The average molecular weight is 858 g/mol. The first-order chi connectivity index (χ1) is 30.0. The lowest BCUT2D eigenvalue weighted by atomic mass is 10.0. The van der Waals surface area contributed by atoms with E-state index in [1.165, 1.54) is 186 Å². The van der Waals surface area contributed by atoms with Crippen LogP contribution in [0.1, 0.15) is 277 Å². The van der Waals surface area contributed by atoms with Gasteiger partial charge in [-0.15, -0.1) is 0 Å². The van der Waals surface area contributed by atoms with Crippen molar-refractivity contribution in [2.45, 2.75) is 289 Å². The molecule has 0 rings (SSSR count). The van der Waals surface area contributed by atoms with E-state index in [1.54, 1.807) is 6.08 Å². The van der Waals surface area contributed by atoms with Crippen LogP contribution in [0.15, 0.2) is 36.5 Å². The number of rotatable bonds is 49. The first-order valence-electron chi connectivity index (χ1n) is 26.8. The van der Waals surface area contributed by atoms with Crippen LogP contribution in [-0.4, -0.2) is 47.4 Å². The topological polar surface area (TPSA) is 95.9 Å². The molecule has 0 heterocycles. The van der Waals surface area contributed by atoms with Crippen molar-refractivity contribution >= 4 is 11.9 Å². The van der Waals surface area contributed by atoms with E-state index in [0.717, 1.165) is 64.2 Å². The molecule has 1 amide bonds. The molecule has 0 radical (unpaired) electrons. The van der Waals surface area contributed by atoms with Gasteiger partial charge in [0.1, 0.15) is 0 Å². The van der Waals surface area contributed by atoms with Crippen molar-refractivity contribution in [1.82, 2.24) is 5.32 Å². The Bertz CT molecular complexity index is 993. The fraction of sp³-hybridized carbons (Fsp3) is 0.855. The van der Waals surface area contributed by atoms with E-state index in [4.69, 9.17) is 4.74 Å². The molecule has 0 bridgehead atoms. The lowest BCUT2D eigenvalue weighted by Crippen LogP contribution is -2.45. The largest absolute Gasteiger partial charge is 0.466 e. The summed E-state index contributed by atoms with van der Waals surface area (Å²) in [5, 5.41) is 23.0. The lowest BCUT2D eigenvalue weighted by Gasteiger charge is -2.20. The first kappa shape index (κ1) is 59.1. The van der Waals surface area contributed by atoms with Crippen LogP contribution in [0.25, 0.3) is 0 Å². The summed E-state index contributed by atoms with van der Waals surface area (Å²) in [6, 6.07) is -0.635. The number of unbranched alkanes of at least 4 members (excludes halogenated alkanes) is 34. The van der Waals surface area contributed by atoms with Crippen LogP contribution in [0.2, 0.25) is 0 Å². The smallest absolute Gasteiger partial charge is 0.305 e. The van der Waals surface area contributed by atoms with Crippen LogP contribution in [0.5, 0.6) is 0 Å². The zero-order valence-electron chi connectivity index (χ0n) is 40.6. The van der Waals surface area contributed by atoms with Gasteiger partial charge in [-0.25, -0.2) is 0 Å². The number of ether oxygens (including phenoxy) is 1. The van der Waals surface area contributed by atoms with Gasteiger partial charge >= 0.3 is 5.97 Å². The highest BCUT2D eigenvalue weighted by molar-refractivity contribution is 5.76. The average Bonchev–Trinajstić information content (AvgIpc) is 3.26. The third-order valence-corrected chi connectivity index (χ3v) is 12.2. The Morgan fingerprint density at radius 3 is 1.28 bits per heavy atom. The van der Waals surface area contributed by atoms with E-state index in [1.807, 2.05) is 6.08 Å². The predicted octanol–water partition coefficient (Wildman–Crippen LogP) is 16.1. The molecule has 0 saturated carbocycles. The SMILES string of the molecule is CCCCC/C=C\C/C=C\CCCCCCCCCCCC(=O)OCCCCCCCCCCCCCCCCC(=O)NC(CO)C(O)/C=C/CCCCCCCCCCC. The summed E-state index contributed by atoms with van der Waals surface area (Å²) in [7, 11) is 0. The van der Waals surface area contributed by atoms with E-state index < -0.39 is 12.1 Å². The molecule has 0 aliphatic heterocycles. The minimum Gasteiger partial charge on any atom is -0.466 e. The maximum atomic E-state index is 12.4. The standard InChI is InChI=1S/C55H103NO5/c1-3-5-7-9-11-13-15-16-17-18-19-20-21-25-29-33-37-41-45-49-55(60)61-50-46-42-38-34-30-26-23-22-24-28-32-36-40-44-48-54(59)56-52(51-57)53(58)47-43-39-35-31-27-14-12-10-8-6-4-2/h11,13,16-17,43,47,52-53,57-58H,3-10,12,14-15,18-42,44-46,48-51H2,1-2H3,(H,56,59)/b13-11-,17-16-,47-43+. The fourth-order valence-corrected chi connectivity index (χ4v) is 8.02. The van der Waals surface area contributed by atoms with Crippen molar-refractivity contribution in [3.8, 4) is 0 Å². The van der Waals surface area contributed by atoms with Crippen LogP contribution in [-0.2, 0) is 14.3 Å². The van der Waals surface area contributed by atoms with Crippen molar-refractivity contribution < 1.29 is 24.5 Å². The number of carbonyl (C=O) groups is 2. The summed E-state index contributed by atoms with van der Waals surface area (Å²) in [6.45, 7) is 4.84. The molecule has 0 aromatic heterocycles. The molecule has 2 atom stereocenters. The second-order valence-corrected chi connectivity index (χ2v) is 18.2. The van der Waals surface area contributed by atoms with Gasteiger partial charge in [0.05, 0.1) is 25.4 Å². The van der Waals surface area contributed by atoms with Gasteiger partial charge in [0, 0.05) is 12.8 Å². The van der Waals surface area contributed by atoms with Gasteiger partial charge in [-0.3, -0.25) is 9.59 Å². The van der Waals surface area contributed by atoms with E-state index in [-0.39, 0.29) is 18.5 Å². The number of aliphatic hydroxyl groups is 2. The molecule has 0 fully saturated rings. The Kier molecular flexibility index (Phi) is 49.1. The van der Waals surface area contributed by atoms with Gasteiger partial charge < -0.3 is 20.3 Å². The molecule has 3 N–H and O–H groups in total. The van der Waals surface area contributed by atoms with Gasteiger partial charge in [0.25, 0.3) is 0 Å². The zero-order chi connectivity index (χ0) is 44.4. The van der Waals surface area contributed by atoms with Gasteiger partial charge in [0.2, 0.25) is 5.91 Å². The monoisotopic (exact) mass is 858 g/mol. The molecule has 0 saturated heterocycles. The second kappa shape index (κ2) is 50.7. The number of allylic oxidation sites excluding steroid dienone is 5. The molecule has 2 unspecified atom stereocenters. The van der Waals surface area contributed by atoms with Crippen molar-refractivity contribution in [2.24, 2.45) is 0 Å². The predicted molar refractivity (Wildman–Crippen MR) is 264 cm³/mol. The Balaban J connectivity index is 3.44. The van der Waals surface area contributed by atoms with Crippen LogP contribution in [0, 0.1) is 0 Å². The van der Waals surface area contributed by atoms with Crippen LogP contribution in [0.3, 0.4) is 0 Å². The molecule has 0 aromatic carbocycles. The number of hydrogen-bond acceptors (Lipinski definition) is 5. The van der Waals surface area contributed by atoms with Crippen LogP contribution >= 0.6 is 0 Å². The summed E-state index contributed by atoms with van der Waals surface area (Å²) in [6.07, 6.45) is 61.5. The van der Waals surface area contributed by atoms with Gasteiger partial charge in [-0.05, 0) is 64.2 Å². The number of hydrogen-bond donors (Lipinski definition) is 3. The molecule has 6 nitrogen and oxygen atoms in total. The number of carbonyl (C=O) groups excluding carboxylic acids is 2. The highest BCUT2D eigenvalue weighted by Crippen LogP contribution is 2.16. The molecule has 0 aromatic rings. The van der Waals surface area contributed by atoms with Crippen LogP contribution in [0.4, 0.5) is 0 Å². The Morgan fingerprint density at radius 2 is 0.820 bits per heavy atom. The normalized spacial score (nSPS) is 12.9. The van der Waals surface area contributed by atoms with Gasteiger partial charge in [-0.2, -0.15) is 0 Å². The van der Waals surface area contributed by atoms with Gasteiger partial charge in [-0.1, -0.05) is 237 Å². The summed E-state index contributed by atoms with van der Waals surface area (Å²) < 4.78 is 5.48. The number of aliphatic hydroxyl groups excluding tert-OH is 2. The fourth-order valence-electron chi connectivity index (χ4n) is 8.02. The van der Waals surface area contributed by atoms with Gasteiger partial charge in [0.15, 0.2) is 0 Å². The second-order valence-electron chi connectivity index (χ2n) is 18.2. The van der Waals surface area contributed by atoms with Crippen molar-refractivity contribution in [3.05, 3.63) is 36.5 Å². The molecule has 358 valence electrons. The summed E-state index contributed by atoms with van der Waals surface area (Å²) in [5.41, 5.74) is 0. The molecule has 0 aliphatic rings. The maximum absolute atomic E-state index is 12.4. The quantitative estimate of drug-likeness (QED) is 0.0322. The molecule has 0 aliphatic carbocycles. The minimum atomic E-state index is -0.850.